The van der Waals surface area contributed by atoms with Gasteiger partial charge in [-0.1, -0.05) is 19.8 Å². The molecule has 0 radical (unpaired) electrons. The third-order valence-electron chi connectivity index (χ3n) is 4.32. The van der Waals surface area contributed by atoms with Gasteiger partial charge in [0, 0.05) is 32.2 Å². The maximum Gasteiger partial charge on any atom is 0.225 e. The summed E-state index contributed by atoms with van der Waals surface area (Å²) < 4.78 is 5.48. The van der Waals surface area contributed by atoms with E-state index >= 15 is 0 Å². The molecule has 5 nitrogen and oxygen atoms in total. The van der Waals surface area contributed by atoms with Crippen LogP contribution in [0.3, 0.4) is 0 Å². The standard InChI is InChI=1S/C15H26N2O3/c1-2-14(18)17-9-5-10-20-11-8-16-15(19)12-6-3-4-7-13(12)17/h12-13H,2-11H2,1H3,(H,16,19)/t12-,13+/m1/s1. The molecule has 2 atom stereocenters. The highest BCUT2D eigenvalue weighted by atomic mass is 16.5. The van der Waals surface area contributed by atoms with Crippen LogP contribution >= 0.6 is 0 Å². The number of amides is 2. The van der Waals surface area contributed by atoms with E-state index in [0.29, 0.717) is 32.7 Å². The predicted molar refractivity (Wildman–Crippen MR) is 76.2 cm³/mol. The van der Waals surface area contributed by atoms with Gasteiger partial charge in [0.25, 0.3) is 0 Å². The Morgan fingerprint density at radius 3 is 2.90 bits per heavy atom. The van der Waals surface area contributed by atoms with E-state index in [9.17, 15) is 9.59 Å². The Bertz CT molecular complexity index is 346. The fraction of sp³-hybridized carbons (Fsp3) is 0.867. The Hall–Kier alpha value is -1.10. The molecule has 1 heterocycles. The van der Waals surface area contributed by atoms with E-state index in [4.69, 9.17) is 4.74 Å². The summed E-state index contributed by atoms with van der Waals surface area (Å²) in [6.45, 7) is 4.39. The van der Waals surface area contributed by atoms with Gasteiger partial charge in [-0.2, -0.15) is 0 Å². The Morgan fingerprint density at radius 2 is 2.10 bits per heavy atom. The molecular formula is C15H26N2O3. The van der Waals surface area contributed by atoms with Crippen LogP contribution in [0.15, 0.2) is 0 Å². The normalized spacial score (nSPS) is 29.1. The van der Waals surface area contributed by atoms with Crippen molar-refractivity contribution in [2.75, 3.05) is 26.3 Å². The van der Waals surface area contributed by atoms with Crippen molar-refractivity contribution in [3.8, 4) is 0 Å². The quantitative estimate of drug-likeness (QED) is 0.789. The molecule has 1 N–H and O–H groups in total. The highest BCUT2D eigenvalue weighted by molar-refractivity contribution is 5.81. The lowest BCUT2D eigenvalue weighted by atomic mass is 9.82. The van der Waals surface area contributed by atoms with Crippen LogP contribution in [0.2, 0.25) is 0 Å². The number of fused-ring (bicyclic) bond motifs is 1. The van der Waals surface area contributed by atoms with Crippen LogP contribution in [0.5, 0.6) is 0 Å². The number of carbonyl (C=O) groups is 2. The number of rotatable bonds is 1. The molecule has 5 heteroatoms. The van der Waals surface area contributed by atoms with E-state index < -0.39 is 0 Å². The number of nitrogens with one attached hydrogen (secondary N) is 1. The van der Waals surface area contributed by atoms with Crippen LogP contribution < -0.4 is 5.32 Å². The molecule has 2 rings (SSSR count). The highest BCUT2D eigenvalue weighted by Gasteiger charge is 2.36. The van der Waals surface area contributed by atoms with Crippen molar-refractivity contribution >= 4 is 11.8 Å². The number of hydrogen-bond acceptors (Lipinski definition) is 3. The van der Waals surface area contributed by atoms with Crippen LogP contribution in [0.1, 0.15) is 45.4 Å². The molecule has 0 aromatic rings. The first-order valence-corrected chi connectivity index (χ1v) is 7.89. The monoisotopic (exact) mass is 282 g/mol. The van der Waals surface area contributed by atoms with Crippen LogP contribution in [0, 0.1) is 5.92 Å². The van der Waals surface area contributed by atoms with Crippen molar-refractivity contribution in [2.45, 2.75) is 51.5 Å². The molecule has 1 aliphatic heterocycles. The lowest BCUT2D eigenvalue weighted by Crippen LogP contribution is -2.51. The summed E-state index contributed by atoms with van der Waals surface area (Å²) in [5.41, 5.74) is 0. The molecule has 0 aromatic heterocycles. The maximum absolute atomic E-state index is 12.3. The summed E-state index contributed by atoms with van der Waals surface area (Å²) in [6, 6.07) is 0.0781. The molecule has 0 bridgehead atoms. The minimum absolute atomic E-state index is 0.0441. The van der Waals surface area contributed by atoms with Crippen molar-refractivity contribution < 1.29 is 14.3 Å². The molecule has 0 aromatic carbocycles. The zero-order valence-corrected chi connectivity index (χ0v) is 12.4. The van der Waals surface area contributed by atoms with E-state index in [0.717, 1.165) is 32.1 Å². The van der Waals surface area contributed by atoms with Crippen molar-refractivity contribution in [2.24, 2.45) is 5.92 Å². The van der Waals surface area contributed by atoms with Gasteiger partial charge in [0.1, 0.15) is 0 Å². The second-order valence-electron chi connectivity index (χ2n) is 5.66. The SMILES string of the molecule is CCC(=O)N1CCCOCCNC(=O)[C@@H]2CCCC[C@@H]21. The molecule has 0 spiro atoms. The lowest BCUT2D eigenvalue weighted by molar-refractivity contribution is -0.138. The molecule has 1 saturated heterocycles. The Morgan fingerprint density at radius 1 is 1.30 bits per heavy atom. The van der Waals surface area contributed by atoms with Crippen LogP contribution in [-0.2, 0) is 14.3 Å². The van der Waals surface area contributed by atoms with Gasteiger partial charge < -0.3 is 15.0 Å². The molecule has 1 saturated carbocycles. The first-order chi connectivity index (χ1) is 9.74. The van der Waals surface area contributed by atoms with Crippen molar-refractivity contribution in [3.05, 3.63) is 0 Å². The van der Waals surface area contributed by atoms with E-state index in [2.05, 4.69) is 5.32 Å². The van der Waals surface area contributed by atoms with E-state index in [1.807, 2.05) is 11.8 Å². The van der Waals surface area contributed by atoms with Crippen molar-refractivity contribution in [1.29, 1.82) is 0 Å². The fourth-order valence-corrected chi connectivity index (χ4v) is 3.29. The lowest BCUT2D eigenvalue weighted by Gasteiger charge is -2.39. The van der Waals surface area contributed by atoms with Crippen LogP contribution in [0.4, 0.5) is 0 Å². The van der Waals surface area contributed by atoms with Gasteiger partial charge in [-0.3, -0.25) is 9.59 Å². The summed E-state index contributed by atoms with van der Waals surface area (Å²) >= 11 is 0. The van der Waals surface area contributed by atoms with Gasteiger partial charge in [-0.25, -0.2) is 0 Å². The van der Waals surface area contributed by atoms with E-state index in [1.54, 1.807) is 0 Å². The van der Waals surface area contributed by atoms with Crippen LogP contribution in [0.25, 0.3) is 0 Å². The fourth-order valence-electron chi connectivity index (χ4n) is 3.29. The molecule has 2 aliphatic rings. The highest BCUT2D eigenvalue weighted by Crippen LogP contribution is 2.29. The second-order valence-corrected chi connectivity index (χ2v) is 5.66. The molecule has 1 aliphatic carbocycles. The Labute approximate surface area is 121 Å². The zero-order chi connectivity index (χ0) is 14.4. The Balaban J connectivity index is 2.17. The van der Waals surface area contributed by atoms with Crippen molar-refractivity contribution in [3.63, 3.8) is 0 Å². The summed E-state index contributed by atoms with van der Waals surface area (Å²) in [7, 11) is 0. The molecule has 2 fully saturated rings. The van der Waals surface area contributed by atoms with E-state index in [1.165, 1.54) is 0 Å². The van der Waals surface area contributed by atoms with Crippen LogP contribution in [-0.4, -0.2) is 49.1 Å². The first kappa shape index (κ1) is 15.3. The molecule has 2 amide bonds. The average molecular weight is 282 g/mol. The third kappa shape index (κ3) is 3.72. The molecule has 20 heavy (non-hydrogen) atoms. The first-order valence-electron chi connectivity index (χ1n) is 7.89. The van der Waals surface area contributed by atoms with Gasteiger partial charge >= 0.3 is 0 Å². The van der Waals surface area contributed by atoms with Gasteiger partial charge in [0.2, 0.25) is 11.8 Å². The topological polar surface area (TPSA) is 58.6 Å². The van der Waals surface area contributed by atoms with Gasteiger partial charge in [-0.15, -0.1) is 0 Å². The number of hydrogen-bond donors (Lipinski definition) is 1. The number of ether oxygens (including phenoxy) is 1. The number of carbonyl (C=O) groups excluding carboxylic acids is 2. The Kier molecular flexibility index (Phi) is 5.83. The summed E-state index contributed by atoms with van der Waals surface area (Å²) in [6.07, 6.45) is 5.39. The minimum Gasteiger partial charge on any atom is -0.380 e. The summed E-state index contributed by atoms with van der Waals surface area (Å²) in [5, 5.41) is 2.95. The molecule has 114 valence electrons. The van der Waals surface area contributed by atoms with E-state index in [-0.39, 0.29) is 23.8 Å². The van der Waals surface area contributed by atoms with Gasteiger partial charge in [0.05, 0.1) is 12.5 Å². The minimum atomic E-state index is -0.0441. The van der Waals surface area contributed by atoms with Crippen molar-refractivity contribution in [1.82, 2.24) is 10.2 Å². The average Bonchev–Trinajstić information content (AvgIpc) is 2.52. The largest absolute Gasteiger partial charge is 0.380 e. The predicted octanol–water partition coefficient (Wildman–Crippen LogP) is 1.32. The van der Waals surface area contributed by atoms with Gasteiger partial charge in [-0.05, 0) is 19.3 Å². The third-order valence-corrected chi connectivity index (χ3v) is 4.32. The summed E-state index contributed by atoms with van der Waals surface area (Å²) in [5.74, 6) is 0.209. The maximum atomic E-state index is 12.3. The zero-order valence-electron chi connectivity index (χ0n) is 12.4. The second kappa shape index (κ2) is 7.62. The smallest absolute Gasteiger partial charge is 0.225 e. The van der Waals surface area contributed by atoms with Gasteiger partial charge in [0.15, 0.2) is 0 Å². The molecule has 0 unspecified atom stereocenters. The molecular weight excluding hydrogens is 256 g/mol. The summed E-state index contributed by atoms with van der Waals surface area (Å²) in [4.78, 5) is 26.5. The number of nitrogens with zero attached hydrogens (tertiary/aromatic N) is 1.